The summed E-state index contributed by atoms with van der Waals surface area (Å²) in [6.07, 6.45) is -4.22. The number of carbonyl (C=O) groups is 1. The first-order chi connectivity index (χ1) is 9.90. The van der Waals surface area contributed by atoms with E-state index >= 15 is 0 Å². The van der Waals surface area contributed by atoms with Crippen molar-refractivity contribution in [1.82, 2.24) is 10.2 Å². The minimum absolute atomic E-state index is 0.0539. The van der Waals surface area contributed by atoms with Crippen LogP contribution in [0.5, 0.6) is 5.75 Å². The highest BCUT2D eigenvalue weighted by Crippen LogP contribution is 2.41. The van der Waals surface area contributed by atoms with Crippen molar-refractivity contribution in [2.45, 2.75) is 25.7 Å². The maximum atomic E-state index is 12.6. The average molecular weight is 300 g/mol. The lowest BCUT2D eigenvalue weighted by Gasteiger charge is -2.30. The number of ether oxygens (including phenoxy) is 1. The smallest absolute Gasteiger partial charge is 0.405 e. The molecule has 1 fully saturated rings. The average Bonchev–Trinajstić information content (AvgIpc) is 2.71. The van der Waals surface area contributed by atoms with Crippen LogP contribution in [0, 0.1) is 0 Å². The Labute approximate surface area is 119 Å². The summed E-state index contributed by atoms with van der Waals surface area (Å²) in [6, 6.07) is 2.92. The van der Waals surface area contributed by atoms with Gasteiger partial charge < -0.3 is 15.0 Å². The number of rotatable bonds is 2. The molecule has 1 atom stereocenters. The highest BCUT2D eigenvalue weighted by molar-refractivity contribution is 6.02. The highest BCUT2D eigenvalue weighted by atomic mass is 19.4. The minimum Gasteiger partial charge on any atom is -0.405 e. The van der Waals surface area contributed by atoms with Crippen molar-refractivity contribution < 1.29 is 22.7 Å². The van der Waals surface area contributed by atoms with Gasteiger partial charge in [-0.2, -0.15) is 0 Å². The van der Waals surface area contributed by atoms with Gasteiger partial charge in [0.05, 0.1) is 11.6 Å². The van der Waals surface area contributed by atoms with Gasteiger partial charge in [-0.3, -0.25) is 4.79 Å². The third kappa shape index (κ3) is 2.46. The Morgan fingerprint density at radius 2 is 2.19 bits per heavy atom. The van der Waals surface area contributed by atoms with Crippen molar-refractivity contribution in [2.24, 2.45) is 0 Å². The number of amides is 1. The second-order valence-electron chi connectivity index (χ2n) is 5.18. The maximum absolute atomic E-state index is 12.6. The number of aryl methyl sites for hydroxylation is 1. The standard InChI is InChI=1S/C14H15F3N2O2/c1-2-8-5-9-10-7-18-3-4-19(10)13(20)12(9)11(6-8)21-14(15,16)17/h5-6,10,18H,2-4,7H2,1H3/t10-/m1/s1. The third-order valence-electron chi connectivity index (χ3n) is 3.90. The summed E-state index contributed by atoms with van der Waals surface area (Å²) in [4.78, 5) is 14.0. The Hall–Kier alpha value is -1.76. The van der Waals surface area contributed by atoms with Gasteiger partial charge in [-0.25, -0.2) is 0 Å². The van der Waals surface area contributed by atoms with Crippen molar-refractivity contribution in [3.63, 3.8) is 0 Å². The van der Waals surface area contributed by atoms with Crippen LogP contribution >= 0.6 is 0 Å². The quantitative estimate of drug-likeness (QED) is 0.911. The van der Waals surface area contributed by atoms with Gasteiger partial charge in [0.1, 0.15) is 5.75 Å². The second-order valence-corrected chi connectivity index (χ2v) is 5.18. The van der Waals surface area contributed by atoms with Crippen molar-refractivity contribution in [1.29, 1.82) is 0 Å². The number of halogens is 3. The largest absolute Gasteiger partial charge is 0.573 e. The molecule has 114 valence electrons. The van der Waals surface area contributed by atoms with Crippen LogP contribution in [0.1, 0.15) is 34.5 Å². The van der Waals surface area contributed by atoms with E-state index in [-0.39, 0.29) is 23.3 Å². The molecule has 0 saturated carbocycles. The predicted molar refractivity (Wildman–Crippen MR) is 69.2 cm³/mol. The number of nitrogens with one attached hydrogen (secondary N) is 1. The first kappa shape index (κ1) is 14.2. The third-order valence-corrected chi connectivity index (χ3v) is 3.90. The van der Waals surface area contributed by atoms with E-state index in [1.165, 1.54) is 6.07 Å². The topological polar surface area (TPSA) is 41.6 Å². The van der Waals surface area contributed by atoms with Gasteiger partial charge in [-0.15, -0.1) is 13.2 Å². The molecule has 1 aromatic carbocycles. The molecule has 0 unspecified atom stereocenters. The van der Waals surface area contributed by atoms with Gasteiger partial charge in [0.25, 0.3) is 5.91 Å². The van der Waals surface area contributed by atoms with Crippen molar-refractivity contribution in [3.8, 4) is 5.75 Å². The molecule has 0 spiro atoms. The number of benzene rings is 1. The van der Waals surface area contributed by atoms with E-state index in [0.29, 0.717) is 31.6 Å². The van der Waals surface area contributed by atoms with Crippen LogP contribution in [0.4, 0.5) is 13.2 Å². The molecule has 3 rings (SSSR count). The number of piperazine rings is 1. The Morgan fingerprint density at radius 1 is 1.43 bits per heavy atom. The van der Waals surface area contributed by atoms with E-state index in [9.17, 15) is 18.0 Å². The molecule has 0 bridgehead atoms. The summed E-state index contributed by atoms with van der Waals surface area (Å²) in [7, 11) is 0. The van der Waals surface area contributed by atoms with Crippen molar-refractivity contribution >= 4 is 5.91 Å². The van der Waals surface area contributed by atoms with Crippen LogP contribution in [0.15, 0.2) is 12.1 Å². The Balaban J connectivity index is 2.11. The summed E-state index contributed by atoms with van der Waals surface area (Å²) in [5.74, 6) is -0.755. The molecule has 4 nitrogen and oxygen atoms in total. The summed E-state index contributed by atoms with van der Waals surface area (Å²) in [6.45, 7) is 3.54. The summed E-state index contributed by atoms with van der Waals surface area (Å²) in [5, 5.41) is 3.17. The second kappa shape index (κ2) is 4.91. The van der Waals surface area contributed by atoms with Crippen LogP contribution in [0.2, 0.25) is 0 Å². The van der Waals surface area contributed by atoms with Gasteiger partial charge in [-0.05, 0) is 23.6 Å². The molecular formula is C14H15F3N2O2. The van der Waals surface area contributed by atoms with Crippen LogP contribution in [0.3, 0.4) is 0 Å². The van der Waals surface area contributed by atoms with Crippen molar-refractivity contribution in [2.75, 3.05) is 19.6 Å². The molecule has 1 aromatic rings. The molecule has 1 amide bonds. The lowest BCUT2D eigenvalue weighted by molar-refractivity contribution is -0.274. The molecule has 0 aromatic heterocycles. The van der Waals surface area contributed by atoms with E-state index < -0.39 is 6.36 Å². The van der Waals surface area contributed by atoms with E-state index in [0.717, 1.165) is 5.56 Å². The maximum Gasteiger partial charge on any atom is 0.573 e. The van der Waals surface area contributed by atoms with E-state index in [1.807, 2.05) is 13.0 Å². The number of alkyl halides is 3. The monoisotopic (exact) mass is 300 g/mol. The molecule has 2 heterocycles. The molecule has 0 radical (unpaired) electrons. The van der Waals surface area contributed by atoms with Gasteiger partial charge in [0, 0.05) is 19.6 Å². The fourth-order valence-electron chi connectivity index (χ4n) is 2.97. The van der Waals surface area contributed by atoms with E-state index in [4.69, 9.17) is 0 Å². The highest BCUT2D eigenvalue weighted by Gasteiger charge is 2.42. The number of hydrogen-bond acceptors (Lipinski definition) is 3. The van der Waals surface area contributed by atoms with Gasteiger partial charge in [0.2, 0.25) is 0 Å². The van der Waals surface area contributed by atoms with Crippen molar-refractivity contribution in [3.05, 3.63) is 28.8 Å². The van der Waals surface area contributed by atoms with Gasteiger partial charge in [0.15, 0.2) is 0 Å². The molecule has 2 aliphatic heterocycles. The first-order valence-electron chi connectivity index (χ1n) is 6.85. The Morgan fingerprint density at radius 3 is 2.86 bits per heavy atom. The fourth-order valence-corrected chi connectivity index (χ4v) is 2.97. The summed E-state index contributed by atoms with van der Waals surface area (Å²) >= 11 is 0. The molecular weight excluding hydrogens is 285 g/mol. The summed E-state index contributed by atoms with van der Waals surface area (Å²) < 4.78 is 41.8. The number of hydrogen-bond donors (Lipinski definition) is 1. The summed E-state index contributed by atoms with van der Waals surface area (Å²) in [5.41, 5.74) is 1.41. The predicted octanol–water partition coefficient (Wildman–Crippen LogP) is 2.25. The lowest BCUT2D eigenvalue weighted by Crippen LogP contribution is -2.44. The number of carbonyl (C=O) groups excluding carboxylic acids is 1. The Bertz CT molecular complexity index is 586. The van der Waals surface area contributed by atoms with Gasteiger partial charge >= 0.3 is 6.36 Å². The van der Waals surface area contributed by atoms with Gasteiger partial charge in [-0.1, -0.05) is 13.0 Å². The lowest BCUT2D eigenvalue weighted by atomic mass is 9.98. The van der Waals surface area contributed by atoms with E-state index in [1.54, 1.807) is 4.90 Å². The van der Waals surface area contributed by atoms with Crippen LogP contribution in [-0.4, -0.2) is 36.8 Å². The molecule has 0 aliphatic carbocycles. The number of fused-ring (bicyclic) bond motifs is 3. The molecule has 1 saturated heterocycles. The van der Waals surface area contributed by atoms with Crippen LogP contribution in [-0.2, 0) is 6.42 Å². The minimum atomic E-state index is -4.80. The fraction of sp³-hybridized carbons (Fsp3) is 0.500. The SMILES string of the molecule is CCc1cc(OC(F)(F)F)c2c(c1)[C@H]1CNCCN1C2=O. The molecule has 2 aliphatic rings. The first-order valence-corrected chi connectivity index (χ1v) is 6.85. The molecule has 1 N–H and O–H groups in total. The molecule has 21 heavy (non-hydrogen) atoms. The van der Waals surface area contributed by atoms with Crippen LogP contribution in [0.25, 0.3) is 0 Å². The molecule has 7 heteroatoms. The van der Waals surface area contributed by atoms with E-state index in [2.05, 4.69) is 10.1 Å². The zero-order chi connectivity index (χ0) is 15.2. The zero-order valence-electron chi connectivity index (χ0n) is 11.5. The Kier molecular flexibility index (Phi) is 3.32. The van der Waals surface area contributed by atoms with Crippen LogP contribution < -0.4 is 10.1 Å². The normalized spacial score (nSPS) is 21.2. The zero-order valence-corrected chi connectivity index (χ0v) is 11.5. The number of nitrogens with zero attached hydrogens (tertiary/aromatic N) is 1.